The van der Waals surface area contributed by atoms with Gasteiger partial charge in [0.15, 0.2) is 0 Å². The summed E-state index contributed by atoms with van der Waals surface area (Å²) in [7, 11) is 0. The summed E-state index contributed by atoms with van der Waals surface area (Å²) in [6, 6.07) is 3.00. The highest BCUT2D eigenvalue weighted by molar-refractivity contribution is 6.22. The third-order valence-corrected chi connectivity index (χ3v) is 2.70. The van der Waals surface area contributed by atoms with Crippen molar-refractivity contribution in [3.8, 4) is 0 Å². The molecule has 1 aliphatic rings. The predicted octanol–water partition coefficient (Wildman–Crippen LogP) is 0.494. The number of nitro groups is 1. The van der Waals surface area contributed by atoms with Gasteiger partial charge in [0.05, 0.1) is 17.0 Å². The Balaban J connectivity index is 2.31. The molecule has 9 heteroatoms. The highest BCUT2D eigenvalue weighted by atomic mass is 16.6. The number of carboxylic acid groups (broad SMARTS) is 1. The van der Waals surface area contributed by atoms with Crippen LogP contribution in [0.5, 0.6) is 0 Å². The van der Waals surface area contributed by atoms with E-state index in [1.807, 2.05) is 0 Å². The van der Waals surface area contributed by atoms with Crippen LogP contribution < -0.4 is 10.2 Å². The van der Waals surface area contributed by atoms with Crippen LogP contribution in [0.4, 0.5) is 16.2 Å². The van der Waals surface area contributed by atoms with Gasteiger partial charge in [0.1, 0.15) is 6.04 Å². The summed E-state index contributed by atoms with van der Waals surface area (Å²) in [6.45, 7) is 0. The second-order valence-electron chi connectivity index (χ2n) is 4.05. The Hall–Kier alpha value is -2.97. The average Bonchev–Trinajstić information content (AvgIpc) is 2.64. The molecule has 2 rings (SSSR count). The van der Waals surface area contributed by atoms with E-state index < -0.39 is 35.3 Å². The van der Waals surface area contributed by atoms with Crippen molar-refractivity contribution in [3.63, 3.8) is 0 Å². The molecule has 1 aromatic rings. The number of aliphatic carboxylic acids is 1. The largest absolute Gasteiger partial charge is 0.481 e. The van der Waals surface area contributed by atoms with Gasteiger partial charge in [-0.3, -0.25) is 19.7 Å². The second kappa shape index (κ2) is 4.96. The molecule has 0 saturated carbocycles. The van der Waals surface area contributed by atoms with Gasteiger partial charge >= 0.3 is 12.0 Å². The molecule has 0 radical (unpaired) electrons. The first-order valence-corrected chi connectivity index (χ1v) is 5.51. The molecular formula is C11H9N3O6. The molecule has 0 spiro atoms. The number of hydrogen-bond acceptors (Lipinski definition) is 5. The Morgan fingerprint density at radius 1 is 1.45 bits per heavy atom. The van der Waals surface area contributed by atoms with E-state index in [0.29, 0.717) is 4.90 Å². The summed E-state index contributed by atoms with van der Waals surface area (Å²) in [6.07, 6.45) is -0.546. The second-order valence-corrected chi connectivity index (χ2v) is 4.05. The molecule has 1 atom stereocenters. The lowest BCUT2D eigenvalue weighted by molar-refractivity contribution is -0.384. The first-order chi connectivity index (χ1) is 9.40. The topological polar surface area (TPSA) is 130 Å². The maximum atomic E-state index is 11.9. The van der Waals surface area contributed by atoms with Crippen LogP contribution >= 0.6 is 0 Å². The van der Waals surface area contributed by atoms with Gasteiger partial charge in [0.25, 0.3) is 11.6 Å². The molecule has 1 aliphatic heterocycles. The summed E-state index contributed by atoms with van der Waals surface area (Å²) in [5.74, 6) is -1.98. The Bertz CT molecular complexity index is 614. The summed E-state index contributed by atoms with van der Waals surface area (Å²) >= 11 is 0. The number of anilines is 1. The molecule has 1 fully saturated rings. The van der Waals surface area contributed by atoms with Crippen molar-refractivity contribution in [2.45, 2.75) is 12.5 Å². The molecule has 20 heavy (non-hydrogen) atoms. The SMILES string of the molecule is O=C(O)CC1NC(=O)N(c2cccc([N+](=O)[O-])c2)C1=O. The Morgan fingerprint density at radius 2 is 2.15 bits per heavy atom. The standard InChI is InChI=1S/C11H9N3O6/c15-9(16)5-8-10(17)13(11(18)12-8)6-2-1-3-7(4-6)14(19)20/h1-4,8H,5H2,(H,12,18)(H,15,16). The van der Waals surface area contributed by atoms with E-state index in [0.717, 1.165) is 6.07 Å². The van der Waals surface area contributed by atoms with E-state index in [9.17, 15) is 24.5 Å². The zero-order valence-corrected chi connectivity index (χ0v) is 9.98. The van der Waals surface area contributed by atoms with E-state index in [1.165, 1.54) is 18.2 Å². The number of non-ortho nitro benzene ring substituents is 1. The van der Waals surface area contributed by atoms with Crippen molar-refractivity contribution in [1.82, 2.24) is 5.32 Å². The first-order valence-electron chi connectivity index (χ1n) is 5.51. The monoisotopic (exact) mass is 279 g/mol. The lowest BCUT2D eigenvalue weighted by Crippen LogP contribution is -2.32. The zero-order chi connectivity index (χ0) is 14.9. The molecule has 0 bridgehead atoms. The van der Waals surface area contributed by atoms with E-state index in [2.05, 4.69) is 5.32 Å². The lowest BCUT2D eigenvalue weighted by atomic mass is 10.2. The normalized spacial score (nSPS) is 18.0. The maximum Gasteiger partial charge on any atom is 0.329 e. The predicted molar refractivity (Wildman–Crippen MR) is 65.2 cm³/mol. The Labute approximate surface area is 111 Å². The van der Waals surface area contributed by atoms with Gasteiger partial charge < -0.3 is 10.4 Å². The lowest BCUT2D eigenvalue weighted by Gasteiger charge is -2.12. The van der Waals surface area contributed by atoms with Crippen molar-refractivity contribution in [2.75, 3.05) is 4.90 Å². The minimum atomic E-state index is -1.23. The zero-order valence-electron chi connectivity index (χ0n) is 9.98. The number of carbonyl (C=O) groups is 3. The number of carbonyl (C=O) groups excluding carboxylic acids is 2. The third kappa shape index (κ3) is 2.41. The van der Waals surface area contributed by atoms with Gasteiger partial charge in [0.2, 0.25) is 0 Å². The Morgan fingerprint density at radius 3 is 2.75 bits per heavy atom. The quantitative estimate of drug-likeness (QED) is 0.468. The van der Waals surface area contributed by atoms with E-state index in [4.69, 9.17) is 5.11 Å². The van der Waals surface area contributed by atoms with Gasteiger partial charge in [-0.05, 0) is 6.07 Å². The van der Waals surface area contributed by atoms with Crippen LogP contribution in [-0.4, -0.2) is 34.0 Å². The number of imide groups is 1. The number of nitrogens with one attached hydrogen (secondary N) is 1. The van der Waals surface area contributed by atoms with Gasteiger partial charge in [-0.15, -0.1) is 0 Å². The van der Waals surface area contributed by atoms with Crippen LogP contribution in [0.3, 0.4) is 0 Å². The molecule has 1 aromatic carbocycles. The summed E-state index contributed by atoms with van der Waals surface area (Å²) in [5.41, 5.74) is -0.251. The minimum Gasteiger partial charge on any atom is -0.481 e. The minimum absolute atomic E-state index is 0.0228. The first kappa shape index (κ1) is 13.5. The van der Waals surface area contributed by atoms with Crippen LogP contribution in [0.25, 0.3) is 0 Å². The molecule has 1 heterocycles. The third-order valence-electron chi connectivity index (χ3n) is 2.70. The summed E-state index contributed by atoms with van der Waals surface area (Å²) < 4.78 is 0. The molecular weight excluding hydrogens is 270 g/mol. The molecule has 1 unspecified atom stereocenters. The van der Waals surface area contributed by atoms with Crippen molar-refractivity contribution in [1.29, 1.82) is 0 Å². The van der Waals surface area contributed by atoms with Crippen LogP contribution in [0, 0.1) is 10.1 Å². The van der Waals surface area contributed by atoms with E-state index in [1.54, 1.807) is 0 Å². The highest BCUT2D eigenvalue weighted by Gasteiger charge is 2.40. The van der Waals surface area contributed by atoms with E-state index in [-0.39, 0.29) is 11.4 Å². The number of hydrogen-bond donors (Lipinski definition) is 2. The van der Waals surface area contributed by atoms with Crippen LogP contribution in [0.1, 0.15) is 6.42 Å². The van der Waals surface area contributed by atoms with Gasteiger partial charge in [-0.2, -0.15) is 0 Å². The summed E-state index contributed by atoms with van der Waals surface area (Å²) in [5, 5.41) is 21.5. The molecule has 2 N–H and O–H groups in total. The van der Waals surface area contributed by atoms with Crippen molar-refractivity contribution < 1.29 is 24.4 Å². The number of benzene rings is 1. The van der Waals surface area contributed by atoms with E-state index >= 15 is 0 Å². The number of carboxylic acids is 1. The summed E-state index contributed by atoms with van der Waals surface area (Å²) in [4.78, 5) is 44.9. The number of nitro benzene ring substituents is 1. The molecule has 3 amide bonds. The smallest absolute Gasteiger partial charge is 0.329 e. The maximum absolute atomic E-state index is 11.9. The fourth-order valence-corrected chi connectivity index (χ4v) is 1.83. The van der Waals surface area contributed by atoms with Gasteiger partial charge in [0, 0.05) is 12.1 Å². The number of rotatable bonds is 4. The van der Waals surface area contributed by atoms with Crippen molar-refractivity contribution in [2.24, 2.45) is 0 Å². The molecule has 9 nitrogen and oxygen atoms in total. The van der Waals surface area contributed by atoms with Crippen LogP contribution in [0.2, 0.25) is 0 Å². The fraction of sp³-hybridized carbons (Fsp3) is 0.182. The molecule has 1 saturated heterocycles. The fourth-order valence-electron chi connectivity index (χ4n) is 1.83. The Kier molecular flexibility index (Phi) is 3.34. The highest BCUT2D eigenvalue weighted by Crippen LogP contribution is 2.24. The number of urea groups is 1. The van der Waals surface area contributed by atoms with Crippen LogP contribution in [0.15, 0.2) is 24.3 Å². The molecule has 104 valence electrons. The molecule has 0 aliphatic carbocycles. The van der Waals surface area contributed by atoms with Gasteiger partial charge in [-0.1, -0.05) is 6.07 Å². The molecule has 0 aromatic heterocycles. The van der Waals surface area contributed by atoms with Gasteiger partial charge in [-0.25, -0.2) is 9.69 Å². The average molecular weight is 279 g/mol. The van der Waals surface area contributed by atoms with Crippen molar-refractivity contribution in [3.05, 3.63) is 34.4 Å². The van der Waals surface area contributed by atoms with Crippen molar-refractivity contribution >= 4 is 29.3 Å². The van der Waals surface area contributed by atoms with Crippen LogP contribution in [-0.2, 0) is 9.59 Å². The number of nitrogens with zero attached hydrogens (tertiary/aromatic N) is 2. The number of amides is 3.